The number of hydrogen-bond donors (Lipinski definition) is 1. The summed E-state index contributed by atoms with van der Waals surface area (Å²) >= 11 is 0. The Bertz CT molecular complexity index is 643. The summed E-state index contributed by atoms with van der Waals surface area (Å²) < 4.78 is 10.4. The number of hydrogen-bond acceptors (Lipinski definition) is 4. The standard InChI is InChI=1S/C19H29N3O4/c1-18(2,3)25-16(23)20-15(21-17(24)26-19(4,5)6)22(7)13-14-11-9-8-10-12-14/h8-12H,13H2,1-7H3,(H,20,21,23,24). The van der Waals surface area contributed by atoms with Gasteiger partial charge in [0.25, 0.3) is 0 Å². The van der Waals surface area contributed by atoms with Crippen LogP contribution in [0, 0.1) is 0 Å². The van der Waals surface area contributed by atoms with Crippen molar-refractivity contribution in [3.05, 3.63) is 35.9 Å². The Hall–Kier alpha value is -2.57. The van der Waals surface area contributed by atoms with Gasteiger partial charge in [0.2, 0.25) is 5.96 Å². The van der Waals surface area contributed by atoms with Crippen molar-refractivity contribution in [2.75, 3.05) is 7.05 Å². The third kappa shape index (κ3) is 9.05. The summed E-state index contributed by atoms with van der Waals surface area (Å²) in [6.07, 6.45) is -1.48. The second-order valence-corrected chi connectivity index (χ2v) is 7.88. The van der Waals surface area contributed by atoms with Crippen molar-refractivity contribution < 1.29 is 19.1 Å². The van der Waals surface area contributed by atoms with E-state index in [0.717, 1.165) is 5.56 Å². The van der Waals surface area contributed by atoms with E-state index in [9.17, 15) is 9.59 Å². The molecule has 0 radical (unpaired) electrons. The average molecular weight is 363 g/mol. The van der Waals surface area contributed by atoms with E-state index in [2.05, 4.69) is 10.3 Å². The fraction of sp³-hybridized carbons (Fsp3) is 0.526. The highest BCUT2D eigenvalue weighted by Gasteiger charge is 2.22. The first-order valence-electron chi connectivity index (χ1n) is 8.42. The first-order valence-corrected chi connectivity index (χ1v) is 8.42. The van der Waals surface area contributed by atoms with Gasteiger partial charge in [0, 0.05) is 13.6 Å². The number of ether oxygens (including phenoxy) is 2. The summed E-state index contributed by atoms with van der Waals surface area (Å²) in [6.45, 7) is 10.9. The molecule has 0 aliphatic carbocycles. The second kappa shape index (κ2) is 8.69. The lowest BCUT2D eigenvalue weighted by atomic mass is 10.2. The van der Waals surface area contributed by atoms with Crippen LogP contribution in [0.5, 0.6) is 0 Å². The Morgan fingerprint density at radius 3 is 2.04 bits per heavy atom. The van der Waals surface area contributed by atoms with Gasteiger partial charge in [-0.05, 0) is 47.1 Å². The molecular formula is C19H29N3O4. The van der Waals surface area contributed by atoms with Gasteiger partial charge >= 0.3 is 12.2 Å². The van der Waals surface area contributed by atoms with Crippen molar-refractivity contribution in [2.24, 2.45) is 4.99 Å². The van der Waals surface area contributed by atoms with Crippen molar-refractivity contribution in [2.45, 2.75) is 59.3 Å². The zero-order valence-electron chi connectivity index (χ0n) is 16.6. The smallest absolute Gasteiger partial charge is 0.437 e. The summed E-state index contributed by atoms with van der Waals surface area (Å²) in [6, 6.07) is 9.62. The van der Waals surface area contributed by atoms with E-state index in [1.807, 2.05) is 30.3 Å². The Kier molecular flexibility index (Phi) is 7.18. The van der Waals surface area contributed by atoms with Crippen molar-refractivity contribution >= 4 is 18.1 Å². The molecule has 1 aromatic rings. The minimum Gasteiger partial charge on any atom is -0.444 e. The lowest BCUT2D eigenvalue weighted by Gasteiger charge is -2.25. The Balaban J connectivity index is 2.96. The molecule has 7 nitrogen and oxygen atoms in total. The molecule has 0 aromatic heterocycles. The number of alkyl carbamates (subject to hydrolysis) is 1. The van der Waals surface area contributed by atoms with E-state index in [0.29, 0.717) is 6.54 Å². The topological polar surface area (TPSA) is 80.2 Å². The van der Waals surface area contributed by atoms with E-state index in [4.69, 9.17) is 9.47 Å². The predicted octanol–water partition coefficient (Wildman–Crippen LogP) is 3.93. The SMILES string of the molecule is CN(Cc1ccccc1)/C(=N\C(=O)OC(C)(C)C)NC(=O)OC(C)(C)C. The molecule has 0 saturated heterocycles. The van der Waals surface area contributed by atoms with E-state index >= 15 is 0 Å². The first-order chi connectivity index (χ1) is 11.9. The molecule has 26 heavy (non-hydrogen) atoms. The number of aliphatic imine (C=N–C) groups is 1. The molecule has 0 spiro atoms. The van der Waals surface area contributed by atoms with Crippen LogP contribution in [0.3, 0.4) is 0 Å². The van der Waals surface area contributed by atoms with Gasteiger partial charge in [-0.1, -0.05) is 30.3 Å². The fourth-order valence-electron chi connectivity index (χ4n) is 1.91. The highest BCUT2D eigenvalue weighted by molar-refractivity contribution is 5.98. The molecule has 7 heteroatoms. The maximum Gasteiger partial charge on any atom is 0.437 e. The largest absolute Gasteiger partial charge is 0.444 e. The summed E-state index contributed by atoms with van der Waals surface area (Å²) in [4.78, 5) is 29.7. The molecule has 0 unspecified atom stereocenters. The van der Waals surface area contributed by atoms with E-state index in [-0.39, 0.29) is 5.96 Å². The minimum atomic E-state index is -0.788. The molecule has 0 fully saturated rings. The lowest BCUT2D eigenvalue weighted by Crippen LogP contribution is -2.44. The molecule has 0 bridgehead atoms. The van der Waals surface area contributed by atoms with Gasteiger partial charge in [-0.2, -0.15) is 0 Å². The molecule has 2 amide bonds. The highest BCUT2D eigenvalue weighted by atomic mass is 16.6. The van der Waals surface area contributed by atoms with E-state index in [1.54, 1.807) is 53.5 Å². The fourth-order valence-corrected chi connectivity index (χ4v) is 1.91. The number of carbonyl (C=O) groups excluding carboxylic acids is 2. The van der Waals surface area contributed by atoms with Crippen LogP contribution in [-0.4, -0.2) is 41.3 Å². The van der Waals surface area contributed by atoms with Crippen LogP contribution in [0.2, 0.25) is 0 Å². The van der Waals surface area contributed by atoms with Crippen molar-refractivity contribution in [1.82, 2.24) is 10.2 Å². The number of rotatable bonds is 2. The number of nitrogens with one attached hydrogen (secondary N) is 1. The molecule has 1 N–H and O–H groups in total. The van der Waals surface area contributed by atoms with Crippen LogP contribution in [0.4, 0.5) is 9.59 Å². The monoisotopic (exact) mass is 363 g/mol. The number of amides is 2. The molecule has 1 aromatic carbocycles. The van der Waals surface area contributed by atoms with Crippen LogP contribution >= 0.6 is 0 Å². The third-order valence-electron chi connectivity index (χ3n) is 2.83. The maximum atomic E-state index is 12.1. The zero-order chi connectivity index (χ0) is 20.0. The normalized spacial score (nSPS) is 12.3. The summed E-state index contributed by atoms with van der Waals surface area (Å²) in [5, 5.41) is 2.52. The molecule has 144 valence electrons. The second-order valence-electron chi connectivity index (χ2n) is 7.88. The molecule has 0 heterocycles. The van der Waals surface area contributed by atoms with Crippen molar-refractivity contribution in [3.8, 4) is 0 Å². The first kappa shape index (κ1) is 21.5. The lowest BCUT2D eigenvalue weighted by molar-refractivity contribution is 0.0555. The Labute approximate surface area is 155 Å². The third-order valence-corrected chi connectivity index (χ3v) is 2.83. The highest BCUT2D eigenvalue weighted by Crippen LogP contribution is 2.10. The average Bonchev–Trinajstić information content (AvgIpc) is 2.43. The van der Waals surface area contributed by atoms with Crippen LogP contribution in [0.1, 0.15) is 47.1 Å². The molecule has 0 aliphatic rings. The van der Waals surface area contributed by atoms with Crippen LogP contribution in [-0.2, 0) is 16.0 Å². The van der Waals surface area contributed by atoms with Gasteiger partial charge in [-0.3, -0.25) is 5.32 Å². The van der Waals surface area contributed by atoms with Gasteiger partial charge in [0.05, 0.1) is 0 Å². The van der Waals surface area contributed by atoms with Crippen LogP contribution < -0.4 is 5.32 Å². The number of carbonyl (C=O) groups is 2. The quantitative estimate of drug-likeness (QED) is 0.636. The van der Waals surface area contributed by atoms with E-state index < -0.39 is 23.4 Å². The number of guanidine groups is 1. The number of benzene rings is 1. The minimum absolute atomic E-state index is 0.0531. The summed E-state index contributed by atoms with van der Waals surface area (Å²) in [5.41, 5.74) is -0.354. The Morgan fingerprint density at radius 1 is 1.00 bits per heavy atom. The molecular weight excluding hydrogens is 334 g/mol. The summed E-state index contributed by atoms with van der Waals surface area (Å²) in [7, 11) is 1.72. The summed E-state index contributed by atoms with van der Waals surface area (Å²) in [5.74, 6) is 0.0531. The van der Waals surface area contributed by atoms with Crippen LogP contribution in [0.15, 0.2) is 35.3 Å². The van der Waals surface area contributed by atoms with Gasteiger partial charge in [0.15, 0.2) is 0 Å². The van der Waals surface area contributed by atoms with Gasteiger partial charge in [-0.25, -0.2) is 9.59 Å². The zero-order valence-corrected chi connectivity index (χ0v) is 16.6. The molecule has 0 saturated carbocycles. The van der Waals surface area contributed by atoms with Gasteiger partial charge in [0.1, 0.15) is 11.2 Å². The number of nitrogens with zero attached hydrogens (tertiary/aromatic N) is 2. The Morgan fingerprint density at radius 2 is 1.54 bits per heavy atom. The van der Waals surface area contributed by atoms with Crippen molar-refractivity contribution in [1.29, 1.82) is 0 Å². The molecule has 0 aliphatic heterocycles. The maximum absolute atomic E-state index is 12.1. The predicted molar refractivity (Wildman–Crippen MR) is 101 cm³/mol. The van der Waals surface area contributed by atoms with Gasteiger partial charge < -0.3 is 14.4 Å². The van der Waals surface area contributed by atoms with Gasteiger partial charge in [-0.15, -0.1) is 4.99 Å². The molecule has 0 atom stereocenters. The van der Waals surface area contributed by atoms with E-state index in [1.165, 1.54) is 0 Å². The van der Waals surface area contributed by atoms with Crippen molar-refractivity contribution in [3.63, 3.8) is 0 Å². The molecule has 1 rings (SSSR count). The van der Waals surface area contributed by atoms with Crippen LogP contribution in [0.25, 0.3) is 0 Å².